The standard InChI is InChI=1S/C11H18N4O/c12-5-8-3-1-2-4-10(8)15-7-9(6-14-15)11(13)16/h6-8,10H,1-5,12H2,(H2,13,16). The fourth-order valence-electron chi connectivity index (χ4n) is 2.46. The molecule has 1 heterocycles. The lowest BCUT2D eigenvalue weighted by Gasteiger charge is -2.30. The second-order valence-corrected chi connectivity index (χ2v) is 4.42. The number of rotatable bonds is 3. The number of primary amides is 1. The third-order valence-corrected chi connectivity index (χ3v) is 3.40. The Morgan fingerprint density at radius 3 is 2.88 bits per heavy atom. The summed E-state index contributed by atoms with van der Waals surface area (Å²) in [5.74, 6) is 0.0423. The molecule has 5 nitrogen and oxygen atoms in total. The van der Waals surface area contributed by atoms with E-state index in [1.807, 2.05) is 4.68 Å². The molecule has 0 aromatic carbocycles. The van der Waals surface area contributed by atoms with Gasteiger partial charge in [0.1, 0.15) is 0 Å². The first-order valence-corrected chi connectivity index (χ1v) is 5.76. The predicted octanol–water partition coefficient (Wildman–Crippen LogP) is 0.672. The van der Waals surface area contributed by atoms with Gasteiger partial charge in [-0.3, -0.25) is 9.48 Å². The quantitative estimate of drug-likeness (QED) is 0.788. The molecule has 1 aromatic heterocycles. The molecule has 2 atom stereocenters. The lowest BCUT2D eigenvalue weighted by molar-refractivity contribution is 0.1000. The first kappa shape index (κ1) is 11.1. The van der Waals surface area contributed by atoms with Gasteiger partial charge in [-0.25, -0.2) is 0 Å². The number of amides is 1. The maximum Gasteiger partial charge on any atom is 0.251 e. The Kier molecular flexibility index (Phi) is 3.24. The number of nitrogens with zero attached hydrogens (tertiary/aromatic N) is 2. The maximum atomic E-state index is 11.0. The third-order valence-electron chi connectivity index (χ3n) is 3.40. The van der Waals surface area contributed by atoms with Crippen molar-refractivity contribution in [3.63, 3.8) is 0 Å². The van der Waals surface area contributed by atoms with Crippen LogP contribution < -0.4 is 11.5 Å². The van der Waals surface area contributed by atoms with Crippen LogP contribution in [0.3, 0.4) is 0 Å². The molecule has 16 heavy (non-hydrogen) atoms. The molecule has 5 heteroatoms. The first-order chi connectivity index (χ1) is 7.72. The molecule has 1 amide bonds. The molecule has 1 saturated carbocycles. The molecular weight excluding hydrogens is 204 g/mol. The monoisotopic (exact) mass is 222 g/mol. The summed E-state index contributed by atoms with van der Waals surface area (Å²) in [6, 6.07) is 0.326. The summed E-state index contributed by atoms with van der Waals surface area (Å²) in [5, 5.41) is 4.22. The molecule has 1 aromatic rings. The molecule has 0 saturated heterocycles. The summed E-state index contributed by atoms with van der Waals surface area (Å²) < 4.78 is 1.86. The summed E-state index contributed by atoms with van der Waals surface area (Å²) in [6.45, 7) is 0.677. The van der Waals surface area contributed by atoms with Crippen LogP contribution in [-0.2, 0) is 0 Å². The second-order valence-electron chi connectivity index (χ2n) is 4.42. The summed E-state index contributed by atoms with van der Waals surface area (Å²) in [7, 11) is 0. The van der Waals surface area contributed by atoms with E-state index < -0.39 is 5.91 Å². The molecule has 1 aliphatic rings. The van der Waals surface area contributed by atoms with Gasteiger partial charge in [0.2, 0.25) is 0 Å². The van der Waals surface area contributed by atoms with Crippen LogP contribution in [0, 0.1) is 5.92 Å². The average molecular weight is 222 g/mol. The van der Waals surface area contributed by atoms with Crippen molar-refractivity contribution < 1.29 is 4.79 Å². The smallest absolute Gasteiger partial charge is 0.251 e. The Bertz CT molecular complexity index is 374. The van der Waals surface area contributed by atoms with Crippen LogP contribution >= 0.6 is 0 Å². The van der Waals surface area contributed by atoms with Crippen molar-refractivity contribution in [1.29, 1.82) is 0 Å². The van der Waals surface area contributed by atoms with Gasteiger partial charge in [0.15, 0.2) is 0 Å². The number of hydrogen-bond acceptors (Lipinski definition) is 3. The average Bonchev–Trinajstić information content (AvgIpc) is 2.78. The predicted molar refractivity (Wildman–Crippen MR) is 60.8 cm³/mol. The van der Waals surface area contributed by atoms with Gasteiger partial charge in [-0.2, -0.15) is 5.10 Å². The van der Waals surface area contributed by atoms with E-state index in [0.717, 1.165) is 12.8 Å². The molecule has 4 N–H and O–H groups in total. The zero-order chi connectivity index (χ0) is 11.5. The molecular formula is C11H18N4O. The Labute approximate surface area is 94.8 Å². The highest BCUT2D eigenvalue weighted by atomic mass is 16.1. The Morgan fingerprint density at radius 2 is 2.25 bits per heavy atom. The lowest BCUT2D eigenvalue weighted by atomic mass is 9.85. The van der Waals surface area contributed by atoms with Crippen LogP contribution in [0.1, 0.15) is 42.1 Å². The molecule has 0 aliphatic heterocycles. The zero-order valence-corrected chi connectivity index (χ0v) is 9.30. The van der Waals surface area contributed by atoms with E-state index in [1.165, 1.54) is 19.0 Å². The number of aromatic nitrogens is 2. The summed E-state index contributed by atoms with van der Waals surface area (Å²) in [6.07, 6.45) is 7.94. The van der Waals surface area contributed by atoms with E-state index in [2.05, 4.69) is 5.10 Å². The van der Waals surface area contributed by atoms with Gasteiger partial charge in [-0.15, -0.1) is 0 Å². The van der Waals surface area contributed by atoms with Crippen LogP contribution in [0.25, 0.3) is 0 Å². The maximum absolute atomic E-state index is 11.0. The van der Waals surface area contributed by atoms with E-state index in [1.54, 1.807) is 6.20 Å². The van der Waals surface area contributed by atoms with Crippen LogP contribution in [0.4, 0.5) is 0 Å². The van der Waals surface area contributed by atoms with Crippen LogP contribution in [0.2, 0.25) is 0 Å². The summed E-state index contributed by atoms with van der Waals surface area (Å²) >= 11 is 0. The van der Waals surface area contributed by atoms with E-state index >= 15 is 0 Å². The van der Waals surface area contributed by atoms with Crippen molar-refractivity contribution in [2.75, 3.05) is 6.54 Å². The minimum atomic E-state index is -0.425. The van der Waals surface area contributed by atoms with Crippen molar-refractivity contribution in [2.45, 2.75) is 31.7 Å². The molecule has 0 spiro atoms. The SMILES string of the molecule is NCC1CCCCC1n1cc(C(N)=O)cn1. The van der Waals surface area contributed by atoms with E-state index in [0.29, 0.717) is 24.1 Å². The third kappa shape index (κ3) is 2.09. The van der Waals surface area contributed by atoms with Gasteiger partial charge in [-0.05, 0) is 25.3 Å². The molecule has 2 unspecified atom stereocenters. The molecule has 1 aliphatic carbocycles. The minimum absolute atomic E-state index is 0.326. The minimum Gasteiger partial charge on any atom is -0.366 e. The largest absolute Gasteiger partial charge is 0.366 e. The number of nitrogens with two attached hydrogens (primary N) is 2. The highest BCUT2D eigenvalue weighted by Crippen LogP contribution is 2.32. The first-order valence-electron chi connectivity index (χ1n) is 5.76. The fraction of sp³-hybridized carbons (Fsp3) is 0.636. The van der Waals surface area contributed by atoms with Crippen molar-refractivity contribution in [3.8, 4) is 0 Å². The van der Waals surface area contributed by atoms with Crippen molar-refractivity contribution in [1.82, 2.24) is 9.78 Å². The Hall–Kier alpha value is -1.36. The number of hydrogen-bond donors (Lipinski definition) is 2. The van der Waals surface area contributed by atoms with Gasteiger partial charge in [0.25, 0.3) is 5.91 Å². The number of carbonyl (C=O) groups excluding carboxylic acids is 1. The van der Waals surface area contributed by atoms with Crippen LogP contribution in [0.15, 0.2) is 12.4 Å². The zero-order valence-electron chi connectivity index (χ0n) is 9.30. The second kappa shape index (κ2) is 4.65. The summed E-state index contributed by atoms with van der Waals surface area (Å²) in [5.41, 5.74) is 11.4. The van der Waals surface area contributed by atoms with Gasteiger partial charge in [-0.1, -0.05) is 12.8 Å². The van der Waals surface area contributed by atoms with E-state index in [-0.39, 0.29) is 0 Å². The lowest BCUT2D eigenvalue weighted by Crippen LogP contribution is -2.29. The summed E-state index contributed by atoms with van der Waals surface area (Å²) in [4.78, 5) is 11.0. The van der Waals surface area contributed by atoms with E-state index in [9.17, 15) is 4.79 Å². The fourth-order valence-corrected chi connectivity index (χ4v) is 2.46. The van der Waals surface area contributed by atoms with Gasteiger partial charge < -0.3 is 11.5 Å². The topological polar surface area (TPSA) is 86.9 Å². The highest BCUT2D eigenvalue weighted by Gasteiger charge is 2.26. The van der Waals surface area contributed by atoms with E-state index in [4.69, 9.17) is 11.5 Å². The number of carbonyl (C=O) groups is 1. The molecule has 2 rings (SSSR count). The molecule has 1 fully saturated rings. The highest BCUT2D eigenvalue weighted by molar-refractivity contribution is 5.92. The Morgan fingerprint density at radius 1 is 1.50 bits per heavy atom. The van der Waals surface area contributed by atoms with Gasteiger partial charge in [0, 0.05) is 6.20 Å². The molecule has 88 valence electrons. The van der Waals surface area contributed by atoms with Crippen molar-refractivity contribution >= 4 is 5.91 Å². The normalized spacial score (nSPS) is 25.6. The van der Waals surface area contributed by atoms with Gasteiger partial charge in [0.05, 0.1) is 17.8 Å². The van der Waals surface area contributed by atoms with Gasteiger partial charge >= 0.3 is 0 Å². The Balaban J connectivity index is 2.17. The van der Waals surface area contributed by atoms with Crippen molar-refractivity contribution in [3.05, 3.63) is 18.0 Å². The van der Waals surface area contributed by atoms with Crippen LogP contribution in [0.5, 0.6) is 0 Å². The molecule has 0 radical (unpaired) electrons. The van der Waals surface area contributed by atoms with Crippen molar-refractivity contribution in [2.24, 2.45) is 17.4 Å². The van der Waals surface area contributed by atoms with Crippen LogP contribution in [-0.4, -0.2) is 22.2 Å². The molecule has 0 bridgehead atoms.